The molecule has 3 aliphatic heterocycles. The quantitative estimate of drug-likeness (QED) is 0.0967. The highest BCUT2D eigenvalue weighted by Gasteiger charge is 2.63. The Morgan fingerprint density at radius 1 is 0.848 bits per heavy atom. The summed E-state index contributed by atoms with van der Waals surface area (Å²) in [6.07, 6.45) is -29.8. The first kappa shape index (κ1) is 38.3. The zero-order valence-electron chi connectivity index (χ0n) is 24.6. The number of carbonyl (C=O) groups is 3. The summed E-state index contributed by atoms with van der Waals surface area (Å²) < 4.78 is 21.7. The van der Waals surface area contributed by atoms with Gasteiger partial charge in [0.2, 0.25) is 11.8 Å². The van der Waals surface area contributed by atoms with Crippen LogP contribution in [0.25, 0.3) is 0 Å². The van der Waals surface area contributed by atoms with Gasteiger partial charge in [-0.25, -0.2) is 4.79 Å². The van der Waals surface area contributed by atoms with Crippen LogP contribution in [0, 0.1) is 0 Å². The molecule has 3 unspecified atom stereocenters. The van der Waals surface area contributed by atoms with Gasteiger partial charge in [-0.05, 0) is 0 Å². The van der Waals surface area contributed by atoms with Gasteiger partial charge in [0.15, 0.2) is 18.2 Å². The lowest BCUT2D eigenvalue weighted by Gasteiger charge is -2.52. The molecule has 2 amide bonds. The van der Waals surface area contributed by atoms with E-state index in [1.165, 1.54) is 0 Å². The number of hydrogen-bond acceptors (Lipinski definition) is 18. The molecule has 14 N–H and O–H groups in total. The zero-order chi connectivity index (χ0) is 34.8. The lowest BCUT2D eigenvalue weighted by Crippen LogP contribution is -2.74. The third-order valence-corrected chi connectivity index (χ3v) is 8.21. The maximum Gasteiger partial charge on any atom is 0.338 e. The molecule has 21 heteroatoms. The molecule has 17 atom stereocenters. The Morgan fingerprint density at radius 2 is 1.43 bits per heavy atom. The van der Waals surface area contributed by atoms with Crippen molar-refractivity contribution in [1.29, 1.82) is 0 Å². The van der Waals surface area contributed by atoms with E-state index < -0.39 is 141 Å². The second kappa shape index (κ2) is 15.4. The highest BCUT2D eigenvalue weighted by Crippen LogP contribution is 2.39. The minimum atomic E-state index is -3.03. The van der Waals surface area contributed by atoms with Gasteiger partial charge in [-0.1, -0.05) is 0 Å². The normalized spacial score (nSPS) is 43.6. The highest BCUT2D eigenvalue weighted by atomic mass is 16.7. The average molecular weight is 675 g/mol. The molecule has 0 radical (unpaired) electrons. The molecule has 3 fully saturated rings. The summed E-state index contributed by atoms with van der Waals surface area (Å²) in [7, 11) is 0. The maximum absolute atomic E-state index is 12.7. The minimum absolute atomic E-state index is 0.715. The SMILES string of the molecule is CC(=O)N[C@H]1[C@H]([C@H](O)[C@H](O)CO)OC(C(=O)O)(C(O)[C@H]2O[C@@H](O[C@H]3[C@H](O)[C@@H](NC(C)=O)C(O)O[C@@H]3CO)[C@H](O)[C@@H](O)[C@H]2O)C[C@@H]1O. The first-order chi connectivity index (χ1) is 21.4. The fourth-order valence-electron chi connectivity index (χ4n) is 5.81. The second-order valence-corrected chi connectivity index (χ2v) is 11.5. The monoisotopic (exact) mass is 674 g/mol. The van der Waals surface area contributed by atoms with Gasteiger partial charge >= 0.3 is 5.97 Å². The number of carbonyl (C=O) groups excluding carboxylic acids is 2. The molecule has 0 saturated carbocycles. The summed E-state index contributed by atoms with van der Waals surface area (Å²) in [5.41, 5.74) is -3.03. The molecule has 0 aromatic carbocycles. The molecule has 266 valence electrons. The van der Waals surface area contributed by atoms with E-state index in [1.54, 1.807) is 0 Å². The fourth-order valence-corrected chi connectivity index (χ4v) is 5.81. The molecule has 3 heterocycles. The van der Waals surface area contributed by atoms with Gasteiger partial charge in [0, 0.05) is 20.3 Å². The molecule has 0 aliphatic carbocycles. The van der Waals surface area contributed by atoms with E-state index in [0.29, 0.717) is 0 Å². The Bertz CT molecular complexity index is 1070. The summed E-state index contributed by atoms with van der Waals surface area (Å²) in [6.45, 7) is 0.0876. The van der Waals surface area contributed by atoms with Crippen LogP contribution in [0.15, 0.2) is 0 Å². The molecule has 3 aliphatic rings. The summed E-state index contributed by atoms with van der Waals surface area (Å²) in [5, 5.41) is 130. The molecular weight excluding hydrogens is 632 g/mol. The van der Waals surface area contributed by atoms with Crippen molar-refractivity contribution in [3.63, 3.8) is 0 Å². The highest BCUT2D eigenvalue weighted by molar-refractivity contribution is 5.79. The van der Waals surface area contributed by atoms with Crippen molar-refractivity contribution in [2.24, 2.45) is 0 Å². The van der Waals surface area contributed by atoms with E-state index in [4.69, 9.17) is 18.9 Å². The van der Waals surface area contributed by atoms with Crippen LogP contribution in [-0.4, -0.2) is 196 Å². The largest absolute Gasteiger partial charge is 0.479 e. The van der Waals surface area contributed by atoms with Crippen molar-refractivity contribution in [3.8, 4) is 0 Å². The Labute approximate surface area is 260 Å². The van der Waals surface area contributed by atoms with Crippen molar-refractivity contribution in [1.82, 2.24) is 10.6 Å². The smallest absolute Gasteiger partial charge is 0.338 e. The molecule has 46 heavy (non-hydrogen) atoms. The molecule has 0 spiro atoms. The number of hydrogen-bond donors (Lipinski definition) is 14. The Hall–Kier alpha value is -2.19. The molecule has 3 rings (SSSR count). The van der Waals surface area contributed by atoms with Gasteiger partial charge in [0.05, 0.1) is 25.4 Å². The van der Waals surface area contributed by atoms with Gasteiger partial charge in [-0.2, -0.15) is 0 Å². The number of amides is 2. The molecule has 21 nitrogen and oxygen atoms in total. The average Bonchev–Trinajstić information content (AvgIpc) is 2.99. The third kappa shape index (κ3) is 7.59. The first-order valence-electron chi connectivity index (χ1n) is 14.2. The standard InChI is InChI=1S/C25H42N2O19/c1-6(30)26-11-8(32)3-25(24(41)42,46-19(11)13(34)9(33)4-28)21(39)20-16(37)15(36)17(38)23(45-20)44-18-10(5-29)43-22(40)12(14(18)35)27-7(2)31/h8-23,28-29,32-40H,3-5H2,1-2H3,(H,26,30)(H,27,31)(H,41,42)/t8-,9+,10+,11+,12+,13+,14+,15-,16+,17+,18+,19+,20-,21?,22?,23+,25?/m0/s1. The predicted molar refractivity (Wildman–Crippen MR) is 142 cm³/mol. The first-order valence-corrected chi connectivity index (χ1v) is 14.2. The number of aliphatic carboxylic acids is 1. The van der Waals surface area contributed by atoms with E-state index in [0.717, 1.165) is 13.8 Å². The van der Waals surface area contributed by atoms with Crippen LogP contribution < -0.4 is 10.6 Å². The van der Waals surface area contributed by atoms with Crippen molar-refractivity contribution in [3.05, 3.63) is 0 Å². The van der Waals surface area contributed by atoms with E-state index in [1.807, 2.05) is 0 Å². The molecule has 0 aromatic heterocycles. The number of nitrogens with one attached hydrogen (secondary N) is 2. The zero-order valence-corrected chi connectivity index (χ0v) is 24.6. The van der Waals surface area contributed by atoms with Crippen molar-refractivity contribution < 1.29 is 94.6 Å². The van der Waals surface area contributed by atoms with Crippen molar-refractivity contribution in [2.75, 3.05) is 13.2 Å². The van der Waals surface area contributed by atoms with Crippen molar-refractivity contribution in [2.45, 2.75) is 124 Å². The lowest BCUT2D eigenvalue weighted by molar-refractivity contribution is -0.359. The van der Waals surface area contributed by atoms with Crippen LogP contribution in [0.5, 0.6) is 0 Å². The number of carboxylic acids is 1. The van der Waals surface area contributed by atoms with Gasteiger partial charge < -0.3 is 90.9 Å². The van der Waals surface area contributed by atoms with Gasteiger partial charge in [-0.15, -0.1) is 0 Å². The third-order valence-electron chi connectivity index (χ3n) is 8.21. The summed E-state index contributed by atoms with van der Waals surface area (Å²) in [6, 6.07) is -3.13. The summed E-state index contributed by atoms with van der Waals surface area (Å²) in [4.78, 5) is 36.0. The van der Waals surface area contributed by atoms with Gasteiger partial charge in [0.25, 0.3) is 0 Å². The molecule has 3 saturated heterocycles. The van der Waals surface area contributed by atoms with E-state index in [-0.39, 0.29) is 0 Å². The van der Waals surface area contributed by atoms with Crippen LogP contribution in [0.4, 0.5) is 0 Å². The van der Waals surface area contributed by atoms with Gasteiger partial charge in [0.1, 0.15) is 73.2 Å². The van der Waals surface area contributed by atoms with Crippen LogP contribution in [0.1, 0.15) is 20.3 Å². The molecule has 0 bridgehead atoms. The number of aliphatic hydroxyl groups is 11. The Balaban J connectivity index is 1.97. The van der Waals surface area contributed by atoms with E-state index in [2.05, 4.69) is 10.6 Å². The molecule has 0 aromatic rings. The summed E-state index contributed by atoms with van der Waals surface area (Å²) in [5.74, 6) is -3.51. The minimum Gasteiger partial charge on any atom is -0.479 e. The van der Waals surface area contributed by atoms with Crippen LogP contribution in [0.3, 0.4) is 0 Å². The Morgan fingerprint density at radius 3 is 1.96 bits per heavy atom. The van der Waals surface area contributed by atoms with E-state index >= 15 is 0 Å². The predicted octanol–water partition coefficient (Wildman–Crippen LogP) is -8.69. The van der Waals surface area contributed by atoms with Crippen molar-refractivity contribution >= 4 is 17.8 Å². The maximum atomic E-state index is 12.7. The molecular formula is C25H42N2O19. The van der Waals surface area contributed by atoms with Crippen LogP contribution in [-0.2, 0) is 33.3 Å². The number of ether oxygens (including phenoxy) is 4. The van der Waals surface area contributed by atoms with Crippen LogP contribution >= 0.6 is 0 Å². The lowest BCUT2D eigenvalue weighted by atomic mass is 9.77. The van der Waals surface area contributed by atoms with E-state index in [9.17, 15) is 75.7 Å². The summed E-state index contributed by atoms with van der Waals surface area (Å²) >= 11 is 0. The van der Waals surface area contributed by atoms with Crippen LogP contribution in [0.2, 0.25) is 0 Å². The number of aliphatic hydroxyl groups excluding tert-OH is 11. The number of rotatable bonds is 11. The Kier molecular flexibility index (Phi) is 12.8. The number of carboxylic acid groups (broad SMARTS) is 1. The topological polar surface area (TPSA) is 355 Å². The van der Waals surface area contributed by atoms with Gasteiger partial charge in [-0.3, -0.25) is 9.59 Å². The second-order valence-electron chi connectivity index (χ2n) is 11.5. The fraction of sp³-hybridized carbons (Fsp3) is 0.880.